The third kappa shape index (κ3) is 5.25. The zero-order chi connectivity index (χ0) is 19.9. The molecule has 28 heavy (non-hydrogen) atoms. The number of likely N-dealkylation sites (tertiary alicyclic amines) is 1. The number of carbonyl (C=O) groups excluding carboxylic acids is 2. The van der Waals surface area contributed by atoms with Gasteiger partial charge < -0.3 is 19.4 Å². The van der Waals surface area contributed by atoms with Crippen LogP contribution in [0.5, 0.6) is 5.75 Å². The van der Waals surface area contributed by atoms with Crippen LogP contribution in [0.4, 0.5) is 0 Å². The number of piperidine rings is 1. The fourth-order valence-corrected chi connectivity index (χ4v) is 3.57. The number of carbonyl (C=O) groups is 2. The quantitative estimate of drug-likeness (QED) is 0.686. The number of benzene rings is 1. The van der Waals surface area contributed by atoms with E-state index in [0.717, 1.165) is 17.3 Å². The van der Waals surface area contributed by atoms with Crippen molar-refractivity contribution in [2.45, 2.75) is 12.8 Å². The summed E-state index contributed by atoms with van der Waals surface area (Å²) in [5.74, 6) is 1.51. The van der Waals surface area contributed by atoms with Crippen LogP contribution in [0.2, 0.25) is 0 Å². The normalized spacial score (nSPS) is 15.0. The Labute approximate surface area is 172 Å². The van der Waals surface area contributed by atoms with Gasteiger partial charge in [-0.15, -0.1) is 0 Å². The van der Waals surface area contributed by atoms with Gasteiger partial charge in [0.05, 0.1) is 18.9 Å². The van der Waals surface area contributed by atoms with Gasteiger partial charge >= 0.3 is 0 Å². The highest BCUT2D eigenvalue weighted by Crippen LogP contribution is 2.23. The molecule has 6 nitrogen and oxygen atoms in total. The lowest BCUT2D eigenvalue weighted by Crippen LogP contribution is -2.41. The van der Waals surface area contributed by atoms with Crippen molar-refractivity contribution >= 4 is 33.8 Å². The lowest BCUT2D eigenvalue weighted by molar-refractivity contribution is -0.127. The molecule has 1 N–H and O–H groups in total. The van der Waals surface area contributed by atoms with Crippen molar-refractivity contribution in [1.82, 2.24) is 10.2 Å². The van der Waals surface area contributed by atoms with Gasteiger partial charge in [-0.2, -0.15) is 0 Å². The summed E-state index contributed by atoms with van der Waals surface area (Å²) in [5.41, 5.74) is 0.551. The lowest BCUT2D eigenvalue weighted by Gasteiger charge is -2.31. The van der Waals surface area contributed by atoms with E-state index in [1.165, 1.54) is 0 Å². The summed E-state index contributed by atoms with van der Waals surface area (Å²) in [4.78, 5) is 26.6. The number of furan rings is 1. The SMILES string of the molecule is COc1ccc(Br)c(C(=O)NCC2CCN(C(=O)C=Cc3ccco3)CC2)c1. The van der Waals surface area contributed by atoms with Crippen molar-refractivity contribution in [1.29, 1.82) is 0 Å². The molecule has 2 aromatic rings. The van der Waals surface area contributed by atoms with Crippen LogP contribution >= 0.6 is 15.9 Å². The molecule has 1 fully saturated rings. The summed E-state index contributed by atoms with van der Waals surface area (Å²) in [5, 5.41) is 2.99. The highest BCUT2D eigenvalue weighted by Gasteiger charge is 2.22. The van der Waals surface area contributed by atoms with Gasteiger partial charge in [-0.05, 0) is 71.1 Å². The van der Waals surface area contributed by atoms with Gasteiger partial charge in [0.2, 0.25) is 5.91 Å². The molecule has 1 aliphatic heterocycles. The largest absolute Gasteiger partial charge is 0.497 e. The van der Waals surface area contributed by atoms with Crippen LogP contribution in [-0.4, -0.2) is 43.5 Å². The molecule has 0 radical (unpaired) electrons. The van der Waals surface area contributed by atoms with Gasteiger partial charge in [0.15, 0.2) is 0 Å². The van der Waals surface area contributed by atoms with Crippen molar-refractivity contribution < 1.29 is 18.7 Å². The summed E-state index contributed by atoms with van der Waals surface area (Å²) in [6.07, 6.45) is 6.52. The van der Waals surface area contributed by atoms with Crippen molar-refractivity contribution in [2.24, 2.45) is 5.92 Å². The van der Waals surface area contributed by atoms with E-state index < -0.39 is 0 Å². The topological polar surface area (TPSA) is 71.8 Å². The van der Waals surface area contributed by atoms with Crippen LogP contribution in [0, 0.1) is 5.92 Å². The van der Waals surface area contributed by atoms with Gasteiger partial charge in [0, 0.05) is 30.2 Å². The van der Waals surface area contributed by atoms with E-state index in [1.807, 2.05) is 4.90 Å². The predicted molar refractivity (Wildman–Crippen MR) is 110 cm³/mol. The molecule has 148 valence electrons. The first kappa shape index (κ1) is 20.2. The first-order valence-electron chi connectivity index (χ1n) is 9.19. The monoisotopic (exact) mass is 446 g/mol. The minimum absolute atomic E-state index is 0.0146. The number of nitrogens with zero attached hydrogens (tertiary/aromatic N) is 1. The average molecular weight is 447 g/mol. The third-order valence-electron chi connectivity index (χ3n) is 4.83. The summed E-state index contributed by atoms with van der Waals surface area (Å²) >= 11 is 3.41. The number of hydrogen-bond donors (Lipinski definition) is 1. The highest BCUT2D eigenvalue weighted by molar-refractivity contribution is 9.10. The molecule has 0 aliphatic carbocycles. The van der Waals surface area contributed by atoms with Crippen molar-refractivity contribution in [2.75, 3.05) is 26.7 Å². The van der Waals surface area contributed by atoms with Crippen LogP contribution in [0.3, 0.4) is 0 Å². The number of ether oxygens (including phenoxy) is 1. The Balaban J connectivity index is 1.45. The second-order valence-electron chi connectivity index (χ2n) is 6.67. The molecule has 1 aromatic heterocycles. The molecular weight excluding hydrogens is 424 g/mol. The third-order valence-corrected chi connectivity index (χ3v) is 5.52. The number of hydrogen-bond acceptors (Lipinski definition) is 4. The number of amides is 2. The lowest BCUT2D eigenvalue weighted by atomic mass is 9.96. The van der Waals surface area contributed by atoms with Gasteiger partial charge in [-0.3, -0.25) is 9.59 Å². The Hall–Kier alpha value is -2.54. The molecule has 0 atom stereocenters. The summed E-state index contributed by atoms with van der Waals surface area (Å²) in [7, 11) is 1.57. The molecule has 1 aliphatic rings. The van der Waals surface area contributed by atoms with Gasteiger partial charge in [-0.1, -0.05) is 0 Å². The number of halogens is 1. The molecule has 1 aromatic carbocycles. The molecule has 0 spiro atoms. The first-order chi connectivity index (χ1) is 13.6. The minimum Gasteiger partial charge on any atom is -0.497 e. The van der Waals surface area contributed by atoms with E-state index in [4.69, 9.17) is 9.15 Å². The fourth-order valence-electron chi connectivity index (χ4n) is 3.14. The smallest absolute Gasteiger partial charge is 0.252 e. The van der Waals surface area contributed by atoms with E-state index in [9.17, 15) is 9.59 Å². The molecule has 2 amide bonds. The maximum atomic E-state index is 12.5. The minimum atomic E-state index is -0.134. The van der Waals surface area contributed by atoms with E-state index in [0.29, 0.717) is 42.6 Å². The van der Waals surface area contributed by atoms with E-state index in [2.05, 4.69) is 21.2 Å². The maximum absolute atomic E-state index is 12.5. The molecule has 2 heterocycles. The average Bonchev–Trinajstić information content (AvgIpc) is 3.24. The van der Waals surface area contributed by atoms with Crippen LogP contribution in [-0.2, 0) is 4.79 Å². The fraction of sp³-hybridized carbons (Fsp3) is 0.333. The molecule has 0 saturated carbocycles. The Kier molecular flexibility index (Phi) is 6.92. The molecule has 3 rings (SSSR count). The molecule has 1 saturated heterocycles. The number of methoxy groups -OCH3 is 1. The van der Waals surface area contributed by atoms with E-state index in [1.54, 1.807) is 55.9 Å². The molecular formula is C21H23BrN2O4. The van der Waals surface area contributed by atoms with E-state index in [-0.39, 0.29) is 11.8 Å². The van der Waals surface area contributed by atoms with Crippen molar-refractivity contribution in [3.05, 3.63) is 58.5 Å². The van der Waals surface area contributed by atoms with Crippen LogP contribution in [0.1, 0.15) is 29.0 Å². The Morgan fingerprint density at radius 2 is 2.11 bits per heavy atom. The Bertz CT molecular complexity index is 840. The van der Waals surface area contributed by atoms with Crippen LogP contribution in [0.25, 0.3) is 6.08 Å². The summed E-state index contributed by atoms with van der Waals surface area (Å²) in [6, 6.07) is 8.90. The predicted octanol–water partition coefficient (Wildman–Crippen LogP) is 3.73. The maximum Gasteiger partial charge on any atom is 0.252 e. The van der Waals surface area contributed by atoms with Crippen molar-refractivity contribution in [3.63, 3.8) is 0 Å². The zero-order valence-electron chi connectivity index (χ0n) is 15.7. The second kappa shape index (κ2) is 9.59. The zero-order valence-corrected chi connectivity index (χ0v) is 17.3. The van der Waals surface area contributed by atoms with Crippen molar-refractivity contribution in [3.8, 4) is 5.75 Å². The summed E-state index contributed by atoms with van der Waals surface area (Å²) < 4.78 is 11.1. The number of nitrogens with one attached hydrogen (secondary N) is 1. The Morgan fingerprint density at radius 3 is 2.79 bits per heavy atom. The highest BCUT2D eigenvalue weighted by atomic mass is 79.9. The first-order valence-corrected chi connectivity index (χ1v) is 9.98. The van der Waals surface area contributed by atoms with E-state index >= 15 is 0 Å². The number of rotatable bonds is 6. The van der Waals surface area contributed by atoms with Crippen LogP contribution < -0.4 is 10.1 Å². The van der Waals surface area contributed by atoms with Crippen LogP contribution in [0.15, 0.2) is 51.6 Å². The van der Waals surface area contributed by atoms with Gasteiger partial charge in [-0.25, -0.2) is 0 Å². The molecule has 0 bridgehead atoms. The standard InChI is InChI=1S/C21H23BrN2O4/c1-27-17-4-6-19(22)18(13-17)21(26)23-14-15-8-10-24(11-9-15)20(25)7-5-16-3-2-12-28-16/h2-7,12-13,15H,8-11,14H2,1H3,(H,23,26). The second-order valence-corrected chi connectivity index (χ2v) is 7.53. The molecule has 7 heteroatoms. The summed E-state index contributed by atoms with van der Waals surface area (Å²) in [6.45, 7) is 1.96. The van der Waals surface area contributed by atoms with Gasteiger partial charge in [0.1, 0.15) is 11.5 Å². The van der Waals surface area contributed by atoms with Gasteiger partial charge in [0.25, 0.3) is 5.91 Å². The molecule has 0 unspecified atom stereocenters. The Morgan fingerprint density at radius 1 is 1.32 bits per heavy atom.